The Labute approximate surface area is 49.4 Å². The maximum Gasteiger partial charge on any atom is 0.182 e. The van der Waals surface area contributed by atoms with Crippen molar-refractivity contribution in [2.24, 2.45) is 0 Å². The molecule has 0 aliphatic heterocycles. The van der Waals surface area contributed by atoms with E-state index >= 15 is 0 Å². The Morgan fingerprint density at radius 3 is 2.25 bits per heavy atom. The second kappa shape index (κ2) is 2.67. The third-order valence-electron chi connectivity index (χ3n) is 0.557. The Hall–Kier alpha value is -0.570. The molecule has 0 aromatic heterocycles. The van der Waals surface area contributed by atoms with Crippen molar-refractivity contribution < 1.29 is 8.42 Å². The van der Waals surface area contributed by atoms with Crippen LogP contribution in [0.2, 0.25) is 0 Å². The van der Waals surface area contributed by atoms with E-state index in [9.17, 15) is 8.42 Å². The molecule has 0 atom stereocenters. The lowest BCUT2D eigenvalue weighted by Gasteiger charge is -1.85. The van der Waals surface area contributed by atoms with Crippen molar-refractivity contribution in [3.8, 4) is 0 Å². The van der Waals surface area contributed by atoms with Crippen molar-refractivity contribution in [3.05, 3.63) is 24.6 Å². The lowest BCUT2D eigenvalue weighted by molar-refractivity contribution is 0.606. The molecule has 0 aromatic rings. The van der Waals surface area contributed by atoms with Gasteiger partial charge in [-0.3, -0.25) is 0 Å². The summed E-state index contributed by atoms with van der Waals surface area (Å²) in [5, 5.41) is 1.89. The monoisotopic (exact) mass is 131 g/mol. The third-order valence-corrected chi connectivity index (χ3v) is 1.67. The number of hydrogen-bond donors (Lipinski definition) is 0. The molecular formula is C5H7O2S. The highest BCUT2D eigenvalue weighted by Crippen LogP contribution is 1.87. The van der Waals surface area contributed by atoms with Gasteiger partial charge in [0.1, 0.15) is 0 Å². The van der Waals surface area contributed by atoms with Gasteiger partial charge in [-0.15, -0.1) is 6.58 Å². The molecule has 1 radical (unpaired) electrons. The first-order valence-electron chi connectivity index (χ1n) is 2.00. The van der Waals surface area contributed by atoms with Crippen LogP contribution in [0.15, 0.2) is 19.2 Å². The van der Waals surface area contributed by atoms with Crippen LogP contribution in [0, 0.1) is 5.41 Å². The summed E-state index contributed by atoms with van der Waals surface area (Å²) in [7, 11) is -3.15. The van der Waals surface area contributed by atoms with Gasteiger partial charge in [-0.05, 0) is 0 Å². The molecule has 0 unspecified atom stereocenters. The second-order valence-electron chi connectivity index (χ2n) is 1.21. The van der Waals surface area contributed by atoms with Crippen molar-refractivity contribution in [3.63, 3.8) is 0 Å². The van der Waals surface area contributed by atoms with E-state index < -0.39 is 9.84 Å². The van der Waals surface area contributed by atoms with E-state index in [2.05, 4.69) is 13.2 Å². The van der Waals surface area contributed by atoms with Crippen molar-refractivity contribution >= 4 is 9.84 Å². The second-order valence-corrected chi connectivity index (χ2v) is 3.07. The zero-order valence-electron chi connectivity index (χ0n) is 4.42. The summed E-state index contributed by atoms with van der Waals surface area (Å²) >= 11 is 0. The normalized spacial score (nSPS) is 10.5. The molecule has 0 fully saturated rings. The number of rotatable bonds is 3. The van der Waals surface area contributed by atoms with Crippen LogP contribution >= 0.6 is 0 Å². The summed E-state index contributed by atoms with van der Waals surface area (Å²) in [6.45, 7) is 6.24. The minimum Gasteiger partial charge on any atom is -0.223 e. The van der Waals surface area contributed by atoms with Crippen LogP contribution in [0.5, 0.6) is 0 Å². The molecule has 2 nitrogen and oxygen atoms in total. The first-order chi connectivity index (χ1) is 3.62. The number of sulfone groups is 1. The molecular weight excluding hydrogens is 124 g/mol. The highest BCUT2D eigenvalue weighted by atomic mass is 32.2. The minimum absolute atomic E-state index is 0.0729. The van der Waals surface area contributed by atoms with Gasteiger partial charge in [0.05, 0.1) is 11.2 Å². The van der Waals surface area contributed by atoms with Gasteiger partial charge in [-0.2, -0.15) is 0 Å². The predicted octanol–water partition coefficient (Wildman–Crippen LogP) is 0.534. The topological polar surface area (TPSA) is 34.1 Å². The van der Waals surface area contributed by atoms with Crippen LogP contribution in [-0.2, 0) is 9.84 Å². The smallest absolute Gasteiger partial charge is 0.182 e. The summed E-state index contributed by atoms with van der Waals surface area (Å²) in [5.74, 6) is -0.0729. The lowest BCUT2D eigenvalue weighted by atomic mass is 10.8. The quantitative estimate of drug-likeness (QED) is 0.524. The molecule has 0 amide bonds. The molecule has 3 heteroatoms. The van der Waals surface area contributed by atoms with Crippen molar-refractivity contribution in [2.45, 2.75) is 0 Å². The third kappa shape index (κ3) is 2.58. The summed E-state index contributed by atoms with van der Waals surface area (Å²) in [6.07, 6.45) is 1.30. The molecule has 0 saturated carbocycles. The molecule has 0 bridgehead atoms. The van der Waals surface area contributed by atoms with Crippen LogP contribution in [-0.4, -0.2) is 14.2 Å². The SMILES string of the molecule is C=[C]S(=O)(=O)CC=C. The zero-order valence-corrected chi connectivity index (χ0v) is 5.24. The van der Waals surface area contributed by atoms with E-state index in [1.807, 2.05) is 5.41 Å². The summed E-state index contributed by atoms with van der Waals surface area (Å²) < 4.78 is 20.7. The predicted molar refractivity (Wildman–Crippen MR) is 32.9 cm³/mol. The van der Waals surface area contributed by atoms with Crippen LogP contribution in [0.1, 0.15) is 0 Å². The van der Waals surface area contributed by atoms with Crippen molar-refractivity contribution in [1.82, 2.24) is 0 Å². The highest BCUT2D eigenvalue weighted by molar-refractivity contribution is 7.93. The molecule has 0 saturated heterocycles. The van der Waals surface area contributed by atoms with Gasteiger partial charge >= 0.3 is 0 Å². The van der Waals surface area contributed by atoms with Crippen molar-refractivity contribution in [1.29, 1.82) is 0 Å². The highest BCUT2D eigenvalue weighted by Gasteiger charge is 1.98. The molecule has 8 heavy (non-hydrogen) atoms. The first kappa shape index (κ1) is 7.43. The van der Waals surface area contributed by atoms with Gasteiger partial charge in [-0.25, -0.2) is 8.42 Å². The van der Waals surface area contributed by atoms with Gasteiger partial charge in [0.2, 0.25) is 0 Å². The van der Waals surface area contributed by atoms with Gasteiger partial charge < -0.3 is 0 Å². The van der Waals surface area contributed by atoms with E-state index in [0.717, 1.165) is 0 Å². The molecule has 0 aliphatic carbocycles. The molecule has 0 heterocycles. The standard InChI is InChI=1S/C5H7O2S/c1-3-5-8(6,7)4-2/h3H,1-2,5H2. The molecule has 0 aliphatic rings. The van der Waals surface area contributed by atoms with E-state index in [1.54, 1.807) is 0 Å². The van der Waals surface area contributed by atoms with Crippen LogP contribution in [0.3, 0.4) is 0 Å². The fourth-order valence-corrected chi connectivity index (χ4v) is 0.642. The van der Waals surface area contributed by atoms with Gasteiger partial charge in [-0.1, -0.05) is 12.7 Å². The average molecular weight is 131 g/mol. The Bertz CT molecular complexity index is 177. The largest absolute Gasteiger partial charge is 0.223 e. The van der Waals surface area contributed by atoms with E-state index in [4.69, 9.17) is 0 Å². The Morgan fingerprint density at radius 1 is 1.62 bits per heavy atom. The van der Waals surface area contributed by atoms with Crippen LogP contribution in [0.4, 0.5) is 0 Å². The van der Waals surface area contributed by atoms with Crippen LogP contribution in [0.25, 0.3) is 0 Å². The van der Waals surface area contributed by atoms with Crippen molar-refractivity contribution in [2.75, 3.05) is 5.75 Å². The maximum atomic E-state index is 10.4. The Balaban J connectivity index is 4.15. The molecule has 0 spiro atoms. The zero-order chi connectivity index (χ0) is 6.62. The summed E-state index contributed by atoms with van der Waals surface area (Å²) in [6, 6.07) is 0. The molecule has 0 aromatic carbocycles. The molecule has 45 valence electrons. The average Bonchev–Trinajstić information content (AvgIpc) is 1.67. The maximum absolute atomic E-state index is 10.4. The summed E-state index contributed by atoms with van der Waals surface area (Å²) in [4.78, 5) is 0. The van der Waals surface area contributed by atoms with Gasteiger partial charge in [0.15, 0.2) is 9.84 Å². The van der Waals surface area contributed by atoms with Gasteiger partial charge in [0, 0.05) is 0 Å². The van der Waals surface area contributed by atoms with E-state index in [1.165, 1.54) is 6.08 Å². The fourth-order valence-electron chi connectivity index (χ4n) is 0.214. The molecule has 0 N–H and O–H groups in total. The molecule has 0 rings (SSSR count). The Morgan fingerprint density at radius 2 is 2.12 bits per heavy atom. The van der Waals surface area contributed by atoms with E-state index in [0.29, 0.717) is 0 Å². The van der Waals surface area contributed by atoms with Gasteiger partial charge in [0.25, 0.3) is 0 Å². The summed E-state index contributed by atoms with van der Waals surface area (Å²) in [5.41, 5.74) is 0. The van der Waals surface area contributed by atoms with E-state index in [-0.39, 0.29) is 5.75 Å². The van der Waals surface area contributed by atoms with Crippen LogP contribution < -0.4 is 0 Å². The first-order valence-corrected chi connectivity index (χ1v) is 3.65. The lowest BCUT2D eigenvalue weighted by Crippen LogP contribution is -1.97. The number of hydrogen-bond acceptors (Lipinski definition) is 2. The Kier molecular flexibility index (Phi) is 2.48. The fraction of sp³-hybridized carbons (Fsp3) is 0.200. The minimum atomic E-state index is -3.15.